The van der Waals surface area contributed by atoms with Crippen molar-refractivity contribution in [2.45, 2.75) is 13.8 Å². The molecule has 0 atom stereocenters. The second kappa shape index (κ2) is 4.18. The second-order valence-electron chi connectivity index (χ2n) is 2.76. The number of rotatable bonds is 2. The van der Waals surface area contributed by atoms with Crippen LogP contribution in [0.3, 0.4) is 0 Å². The molecule has 0 aromatic carbocycles. The van der Waals surface area contributed by atoms with Crippen LogP contribution in [-0.4, -0.2) is 15.9 Å². The van der Waals surface area contributed by atoms with Crippen molar-refractivity contribution in [2.75, 3.05) is 0 Å². The van der Waals surface area contributed by atoms with Crippen molar-refractivity contribution in [3.05, 3.63) is 17.7 Å². The fourth-order valence-corrected chi connectivity index (χ4v) is 0.685. The number of ether oxygens (including phenoxy) is 1. The van der Waals surface area contributed by atoms with E-state index in [1.54, 1.807) is 13.8 Å². The molecule has 70 valence electrons. The monoisotopic (exact) mass is 200 g/mol. The number of aromatic nitrogens is 2. The number of carbonyl (C=O) groups excluding carboxylic acids is 1. The molecule has 1 rings (SSSR count). The van der Waals surface area contributed by atoms with Crippen LogP contribution in [0.2, 0.25) is 5.28 Å². The molecule has 0 amide bonds. The summed E-state index contributed by atoms with van der Waals surface area (Å²) in [4.78, 5) is 18.4. The predicted octanol–water partition coefficient (Wildman–Crippen LogP) is 1.69. The zero-order valence-corrected chi connectivity index (χ0v) is 8.08. The van der Waals surface area contributed by atoms with E-state index in [4.69, 9.17) is 16.3 Å². The first-order chi connectivity index (χ1) is 6.09. The SMILES string of the molecule is CC(C)C(=O)Oc1cnc(Cl)nc1. The Hall–Kier alpha value is -1.16. The van der Waals surface area contributed by atoms with E-state index >= 15 is 0 Å². The molecule has 1 aromatic rings. The Balaban J connectivity index is 2.65. The Morgan fingerprint density at radius 3 is 2.46 bits per heavy atom. The Morgan fingerprint density at radius 2 is 2.00 bits per heavy atom. The van der Waals surface area contributed by atoms with Gasteiger partial charge in [-0.3, -0.25) is 4.79 Å². The van der Waals surface area contributed by atoms with Gasteiger partial charge in [-0.25, -0.2) is 9.97 Å². The fraction of sp³-hybridized carbons (Fsp3) is 0.375. The lowest BCUT2D eigenvalue weighted by Gasteiger charge is -2.04. The van der Waals surface area contributed by atoms with E-state index in [0.29, 0.717) is 5.75 Å². The minimum Gasteiger partial charge on any atom is -0.423 e. The Labute approximate surface area is 80.9 Å². The summed E-state index contributed by atoms with van der Waals surface area (Å²) in [7, 11) is 0. The van der Waals surface area contributed by atoms with Gasteiger partial charge in [-0.1, -0.05) is 13.8 Å². The summed E-state index contributed by atoms with van der Waals surface area (Å²) in [5.74, 6) is -0.176. The van der Waals surface area contributed by atoms with Gasteiger partial charge >= 0.3 is 5.97 Å². The van der Waals surface area contributed by atoms with Crippen LogP contribution in [0.5, 0.6) is 5.75 Å². The third-order valence-corrected chi connectivity index (χ3v) is 1.48. The Kier molecular flexibility index (Phi) is 3.19. The van der Waals surface area contributed by atoms with Crippen LogP contribution in [0, 0.1) is 5.92 Å². The molecule has 0 aliphatic carbocycles. The van der Waals surface area contributed by atoms with Crippen molar-refractivity contribution in [2.24, 2.45) is 5.92 Å². The summed E-state index contributed by atoms with van der Waals surface area (Å²) < 4.78 is 4.91. The number of hydrogen-bond acceptors (Lipinski definition) is 4. The first kappa shape index (κ1) is 9.92. The molecule has 1 aromatic heterocycles. The van der Waals surface area contributed by atoms with E-state index in [1.165, 1.54) is 12.4 Å². The van der Waals surface area contributed by atoms with Gasteiger partial charge in [0.25, 0.3) is 0 Å². The zero-order valence-electron chi connectivity index (χ0n) is 7.32. The van der Waals surface area contributed by atoms with E-state index in [0.717, 1.165) is 0 Å². The maximum atomic E-state index is 11.1. The normalized spacial score (nSPS) is 10.2. The minimum atomic E-state index is -0.314. The van der Waals surface area contributed by atoms with Gasteiger partial charge in [0.15, 0.2) is 5.75 Å². The zero-order chi connectivity index (χ0) is 9.84. The largest absolute Gasteiger partial charge is 0.423 e. The highest BCUT2D eigenvalue weighted by molar-refractivity contribution is 6.28. The molecule has 0 unspecified atom stereocenters. The number of hydrogen-bond donors (Lipinski definition) is 0. The van der Waals surface area contributed by atoms with Crippen molar-refractivity contribution in [3.8, 4) is 5.75 Å². The summed E-state index contributed by atoms with van der Waals surface area (Å²) in [6.07, 6.45) is 2.71. The van der Waals surface area contributed by atoms with E-state index in [1.807, 2.05) is 0 Å². The quantitative estimate of drug-likeness (QED) is 0.539. The summed E-state index contributed by atoms with van der Waals surface area (Å²) in [6, 6.07) is 0. The highest BCUT2D eigenvalue weighted by Crippen LogP contribution is 2.10. The third-order valence-electron chi connectivity index (χ3n) is 1.29. The summed E-state index contributed by atoms with van der Waals surface area (Å²) in [5.41, 5.74) is 0. The molecule has 0 bridgehead atoms. The van der Waals surface area contributed by atoms with Crippen LogP contribution in [0.1, 0.15) is 13.8 Å². The lowest BCUT2D eigenvalue weighted by molar-refractivity contribution is -0.137. The highest BCUT2D eigenvalue weighted by atomic mass is 35.5. The van der Waals surface area contributed by atoms with Crippen LogP contribution in [-0.2, 0) is 4.79 Å². The molecule has 1 heterocycles. The van der Waals surface area contributed by atoms with Gasteiger partial charge in [0.1, 0.15) is 0 Å². The molecule has 0 saturated heterocycles. The van der Waals surface area contributed by atoms with E-state index in [2.05, 4.69) is 9.97 Å². The summed E-state index contributed by atoms with van der Waals surface area (Å²) >= 11 is 5.45. The van der Waals surface area contributed by atoms with Crippen LogP contribution >= 0.6 is 11.6 Å². The Bertz CT molecular complexity index is 298. The first-order valence-electron chi connectivity index (χ1n) is 3.79. The number of esters is 1. The fourth-order valence-electron chi connectivity index (χ4n) is 0.587. The second-order valence-corrected chi connectivity index (χ2v) is 3.10. The number of carbonyl (C=O) groups is 1. The van der Waals surface area contributed by atoms with Gasteiger partial charge in [0, 0.05) is 0 Å². The van der Waals surface area contributed by atoms with Gasteiger partial charge in [-0.15, -0.1) is 0 Å². The van der Waals surface area contributed by atoms with Gasteiger partial charge in [0.05, 0.1) is 18.3 Å². The Morgan fingerprint density at radius 1 is 1.46 bits per heavy atom. The van der Waals surface area contributed by atoms with Crippen molar-refractivity contribution in [1.29, 1.82) is 0 Å². The maximum absolute atomic E-state index is 11.1. The first-order valence-corrected chi connectivity index (χ1v) is 4.16. The van der Waals surface area contributed by atoms with Crippen LogP contribution < -0.4 is 4.74 Å². The maximum Gasteiger partial charge on any atom is 0.313 e. The van der Waals surface area contributed by atoms with Gasteiger partial charge in [-0.05, 0) is 11.6 Å². The predicted molar refractivity (Wildman–Crippen MR) is 47.5 cm³/mol. The van der Waals surface area contributed by atoms with E-state index < -0.39 is 0 Å². The third kappa shape index (κ3) is 2.99. The standard InChI is InChI=1S/C8H9ClN2O2/c1-5(2)7(12)13-6-3-10-8(9)11-4-6/h3-5H,1-2H3. The molecule has 0 radical (unpaired) electrons. The van der Waals surface area contributed by atoms with Crippen LogP contribution in [0.15, 0.2) is 12.4 Å². The van der Waals surface area contributed by atoms with Gasteiger partial charge < -0.3 is 4.74 Å². The molecule has 5 heteroatoms. The van der Waals surface area contributed by atoms with E-state index in [9.17, 15) is 4.79 Å². The molecular formula is C8H9ClN2O2. The minimum absolute atomic E-state index is 0.129. The number of nitrogens with zero attached hydrogens (tertiary/aromatic N) is 2. The molecule has 0 fully saturated rings. The molecular weight excluding hydrogens is 192 g/mol. The summed E-state index contributed by atoms with van der Waals surface area (Å²) in [5, 5.41) is 0.129. The van der Waals surface area contributed by atoms with Gasteiger partial charge in [0.2, 0.25) is 5.28 Å². The molecule has 0 saturated carbocycles. The molecule has 0 N–H and O–H groups in total. The van der Waals surface area contributed by atoms with Gasteiger partial charge in [-0.2, -0.15) is 0 Å². The van der Waals surface area contributed by atoms with Crippen molar-refractivity contribution >= 4 is 17.6 Å². The molecule has 4 nitrogen and oxygen atoms in total. The molecule has 0 aliphatic heterocycles. The average Bonchev–Trinajstić information content (AvgIpc) is 2.08. The van der Waals surface area contributed by atoms with Crippen molar-refractivity contribution in [3.63, 3.8) is 0 Å². The molecule has 0 spiro atoms. The summed E-state index contributed by atoms with van der Waals surface area (Å²) in [6.45, 7) is 3.50. The number of halogens is 1. The molecule has 0 aliphatic rings. The van der Waals surface area contributed by atoms with Crippen molar-refractivity contribution < 1.29 is 9.53 Å². The van der Waals surface area contributed by atoms with Crippen molar-refractivity contribution in [1.82, 2.24) is 9.97 Å². The lowest BCUT2D eigenvalue weighted by atomic mass is 10.2. The topological polar surface area (TPSA) is 52.1 Å². The average molecular weight is 201 g/mol. The van der Waals surface area contributed by atoms with Crippen LogP contribution in [0.4, 0.5) is 0 Å². The molecule has 13 heavy (non-hydrogen) atoms. The smallest absolute Gasteiger partial charge is 0.313 e. The van der Waals surface area contributed by atoms with E-state index in [-0.39, 0.29) is 17.2 Å². The highest BCUT2D eigenvalue weighted by Gasteiger charge is 2.09. The van der Waals surface area contributed by atoms with Crippen LogP contribution in [0.25, 0.3) is 0 Å². The lowest BCUT2D eigenvalue weighted by Crippen LogP contribution is -2.14.